The number of allylic oxidation sites excluding steroid dienone is 1. The molecule has 1 aromatic heterocycles. The van der Waals surface area contributed by atoms with E-state index < -0.39 is 16.9 Å². The van der Waals surface area contributed by atoms with Crippen LogP contribution in [0, 0.1) is 13.7 Å². The maximum Gasteiger partial charge on any atom is 0.338 e. The zero-order valence-corrected chi connectivity index (χ0v) is 29.8. The fourth-order valence-corrected chi connectivity index (χ4v) is 7.84. The van der Waals surface area contributed by atoms with Gasteiger partial charge in [-0.3, -0.25) is 19.5 Å². The number of thiazole rings is 1. The van der Waals surface area contributed by atoms with Crippen molar-refractivity contribution in [3.05, 3.63) is 126 Å². The van der Waals surface area contributed by atoms with Crippen LogP contribution < -0.4 is 24.4 Å². The van der Waals surface area contributed by atoms with E-state index in [2.05, 4.69) is 43.5 Å². The van der Waals surface area contributed by atoms with Gasteiger partial charge in [-0.05, 0) is 102 Å². The van der Waals surface area contributed by atoms with Gasteiger partial charge in [-0.2, -0.15) is 0 Å². The lowest BCUT2D eigenvalue weighted by atomic mass is 9.95. The van der Waals surface area contributed by atoms with Crippen LogP contribution in [0.3, 0.4) is 0 Å². The van der Waals surface area contributed by atoms with Crippen molar-refractivity contribution in [2.24, 2.45) is 4.99 Å². The first-order chi connectivity index (χ1) is 22.0. The van der Waals surface area contributed by atoms with Crippen molar-refractivity contribution in [2.75, 3.05) is 6.61 Å². The molecule has 0 saturated heterocycles. The topological polar surface area (TPSA) is 122 Å². The molecule has 0 saturated carbocycles. The minimum absolute atomic E-state index is 0.00516. The number of hydrogen-bond donors (Lipinski definition) is 0. The van der Waals surface area contributed by atoms with Gasteiger partial charge in [0.1, 0.15) is 24.1 Å². The second-order valence-electron chi connectivity index (χ2n) is 10.5. The lowest BCUT2D eigenvalue weighted by Crippen LogP contribution is -2.40. The molecule has 2 heterocycles. The Morgan fingerprint density at radius 1 is 1.20 bits per heavy atom. The quantitative estimate of drug-likeness (QED) is 0.0782. The van der Waals surface area contributed by atoms with Gasteiger partial charge in [0, 0.05) is 17.7 Å². The predicted molar refractivity (Wildman–Crippen MR) is 187 cm³/mol. The molecule has 10 nitrogen and oxygen atoms in total. The summed E-state index contributed by atoms with van der Waals surface area (Å²) in [5.74, 6) is 0.594. The largest absolute Gasteiger partial charge is 0.491 e. The van der Waals surface area contributed by atoms with Gasteiger partial charge >= 0.3 is 5.97 Å². The van der Waals surface area contributed by atoms with Crippen LogP contribution in [0.25, 0.3) is 6.08 Å². The highest BCUT2D eigenvalue weighted by Gasteiger charge is 2.35. The molecule has 0 unspecified atom stereocenters. The number of halogens is 2. The Hall–Kier alpha value is -3.82. The fraction of sp³-hybridized carbons (Fsp3) is 0.242. The lowest BCUT2D eigenvalue weighted by Gasteiger charge is -2.26. The molecule has 1 atom stereocenters. The van der Waals surface area contributed by atoms with E-state index >= 15 is 0 Å². The molecule has 5 rings (SSSR count). The van der Waals surface area contributed by atoms with E-state index in [9.17, 15) is 19.7 Å². The van der Waals surface area contributed by atoms with Crippen LogP contribution in [0.5, 0.6) is 11.5 Å². The Labute approximate surface area is 290 Å². The number of ether oxygens (including phenoxy) is 3. The summed E-state index contributed by atoms with van der Waals surface area (Å²) in [7, 11) is 0. The van der Waals surface area contributed by atoms with Gasteiger partial charge in [-0.1, -0.05) is 41.7 Å². The number of benzene rings is 3. The van der Waals surface area contributed by atoms with Gasteiger partial charge in [-0.25, -0.2) is 9.79 Å². The zero-order valence-electron chi connectivity index (χ0n) is 25.3. The Kier molecular flexibility index (Phi) is 10.4. The molecule has 0 aliphatic carbocycles. The van der Waals surface area contributed by atoms with Gasteiger partial charge in [0.2, 0.25) is 0 Å². The number of nitro groups is 1. The zero-order chi connectivity index (χ0) is 33.1. The molecule has 0 bridgehead atoms. The average Bonchev–Trinajstić information content (AvgIpc) is 3.30. The van der Waals surface area contributed by atoms with E-state index in [0.29, 0.717) is 42.1 Å². The second kappa shape index (κ2) is 14.3. The number of fused-ring (bicyclic) bond motifs is 1. The summed E-state index contributed by atoms with van der Waals surface area (Å²) in [5, 5.41) is 11.1. The Bertz CT molecular complexity index is 2030. The Balaban J connectivity index is 1.56. The molecule has 1 aliphatic rings. The van der Waals surface area contributed by atoms with Gasteiger partial charge in [0.15, 0.2) is 4.80 Å². The van der Waals surface area contributed by atoms with Crippen LogP contribution in [0.4, 0.5) is 5.69 Å². The third-order valence-corrected chi connectivity index (χ3v) is 9.29. The van der Waals surface area contributed by atoms with Crippen LogP contribution in [-0.2, 0) is 16.1 Å². The number of nitro benzene ring substituents is 1. The second-order valence-corrected chi connectivity index (χ2v) is 13.6. The summed E-state index contributed by atoms with van der Waals surface area (Å²) >= 11 is 6.96. The van der Waals surface area contributed by atoms with E-state index in [0.717, 1.165) is 9.13 Å². The normalized spacial score (nSPS) is 14.6. The molecule has 0 fully saturated rings. The van der Waals surface area contributed by atoms with E-state index in [1.807, 2.05) is 50.2 Å². The highest BCUT2D eigenvalue weighted by atomic mass is 127. The molecule has 0 amide bonds. The molecule has 13 heteroatoms. The molecular weight excluding hydrogens is 789 g/mol. The summed E-state index contributed by atoms with van der Waals surface area (Å²) in [4.78, 5) is 43.2. The number of hydrogen-bond acceptors (Lipinski definition) is 9. The molecule has 0 radical (unpaired) electrons. The average molecular weight is 818 g/mol. The number of non-ortho nitro benzene ring substituents is 1. The number of carbonyl (C=O) groups is 1. The monoisotopic (exact) mass is 817 g/mol. The SMILES string of the molecule is CCOC(=O)C1=C(C)N=c2s/c(=C/c3cc(Br)c(OCc4cccc([N+](=O)[O-])c4)c(I)c3)c(=O)n2[C@@H]1c1ccccc1OC(C)C. The number of para-hydroxylation sites is 1. The summed E-state index contributed by atoms with van der Waals surface area (Å²) in [6, 6.07) is 16.6. The van der Waals surface area contributed by atoms with Crippen LogP contribution in [0.1, 0.15) is 50.4 Å². The molecule has 0 N–H and O–H groups in total. The van der Waals surface area contributed by atoms with E-state index in [-0.39, 0.29) is 36.1 Å². The van der Waals surface area contributed by atoms with Crippen molar-refractivity contribution in [1.29, 1.82) is 0 Å². The Morgan fingerprint density at radius 2 is 1.96 bits per heavy atom. The number of aromatic nitrogens is 1. The first-order valence-corrected chi connectivity index (χ1v) is 17.0. The van der Waals surface area contributed by atoms with Crippen molar-refractivity contribution in [3.8, 4) is 11.5 Å². The molecule has 3 aromatic carbocycles. The maximum atomic E-state index is 14.1. The molecule has 0 spiro atoms. The molecule has 4 aromatic rings. The van der Waals surface area contributed by atoms with Crippen LogP contribution in [-0.4, -0.2) is 28.2 Å². The summed E-state index contributed by atoms with van der Waals surface area (Å²) < 4.78 is 20.9. The van der Waals surface area contributed by atoms with E-state index in [1.54, 1.807) is 32.1 Å². The van der Waals surface area contributed by atoms with Crippen LogP contribution in [0.2, 0.25) is 0 Å². The third-order valence-electron chi connectivity index (χ3n) is 6.92. The van der Waals surface area contributed by atoms with Crippen molar-refractivity contribution in [2.45, 2.75) is 46.4 Å². The highest BCUT2D eigenvalue weighted by Crippen LogP contribution is 2.37. The van der Waals surface area contributed by atoms with E-state index in [4.69, 9.17) is 14.2 Å². The number of rotatable bonds is 10. The summed E-state index contributed by atoms with van der Waals surface area (Å²) in [5.41, 5.74) is 2.50. The maximum absolute atomic E-state index is 14.1. The van der Waals surface area contributed by atoms with Crippen molar-refractivity contribution in [1.82, 2.24) is 4.57 Å². The van der Waals surface area contributed by atoms with Crippen LogP contribution in [0.15, 0.2) is 86.2 Å². The lowest BCUT2D eigenvalue weighted by molar-refractivity contribution is -0.384. The summed E-state index contributed by atoms with van der Waals surface area (Å²) in [6.45, 7) is 7.62. The minimum Gasteiger partial charge on any atom is -0.491 e. The number of nitrogens with zero attached hydrogens (tertiary/aromatic N) is 3. The molecule has 238 valence electrons. The van der Waals surface area contributed by atoms with Gasteiger partial charge in [0.25, 0.3) is 11.2 Å². The van der Waals surface area contributed by atoms with Crippen molar-refractivity contribution < 1.29 is 23.9 Å². The summed E-state index contributed by atoms with van der Waals surface area (Å²) in [6.07, 6.45) is 1.64. The molecule has 1 aliphatic heterocycles. The standard InChI is InChI=1S/C33H29BrIN3O7S/c1-5-43-32(40)28-19(4)36-33-37(29(28)23-11-6-7-12-26(23)45-18(2)3)31(39)27(46-33)16-21-14-24(34)30(25(35)15-21)44-17-20-9-8-10-22(13-20)38(41)42/h6-16,18,29H,5,17H2,1-4H3/b27-16+/t29-/m1/s1. The van der Waals surface area contributed by atoms with Gasteiger partial charge in [0.05, 0.1) is 41.5 Å². The molecular formula is C33H29BrIN3O7S. The van der Waals surface area contributed by atoms with Gasteiger partial charge in [-0.15, -0.1) is 0 Å². The van der Waals surface area contributed by atoms with Crippen molar-refractivity contribution in [3.63, 3.8) is 0 Å². The number of esters is 1. The third kappa shape index (κ3) is 7.10. The minimum atomic E-state index is -0.802. The van der Waals surface area contributed by atoms with Gasteiger partial charge < -0.3 is 14.2 Å². The first kappa shape index (κ1) is 33.5. The molecule has 46 heavy (non-hydrogen) atoms. The smallest absolute Gasteiger partial charge is 0.338 e. The van der Waals surface area contributed by atoms with E-state index in [1.165, 1.54) is 28.0 Å². The Morgan fingerprint density at radius 3 is 2.65 bits per heavy atom. The fourth-order valence-electron chi connectivity index (χ4n) is 5.02. The first-order valence-electron chi connectivity index (χ1n) is 14.3. The highest BCUT2D eigenvalue weighted by molar-refractivity contribution is 14.1. The van der Waals surface area contributed by atoms with Crippen LogP contribution >= 0.6 is 49.9 Å². The number of carbonyl (C=O) groups excluding carboxylic acids is 1. The predicted octanol–water partition coefficient (Wildman–Crippen LogP) is 6.44. The van der Waals surface area contributed by atoms with Crippen molar-refractivity contribution >= 4 is 67.6 Å².